The van der Waals surface area contributed by atoms with Gasteiger partial charge in [-0.15, -0.1) is 0 Å². The van der Waals surface area contributed by atoms with Crippen molar-refractivity contribution in [2.45, 2.75) is 27.0 Å². The lowest BCUT2D eigenvalue weighted by Crippen LogP contribution is -2.04. The van der Waals surface area contributed by atoms with E-state index < -0.39 is 0 Å². The van der Waals surface area contributed by atoms with E-state index in [4.69, 9.17) is 4.74 Å². The number of benzene rings is 1. The number of rotatable bonds is 6. The van der Waals surface area contributed by atoms with Crippen LogP contribution in [0.3, 0.4) is 0 Å². The first kappa shape index (κ1) is 17.4. The Hall–Kier alpha value is -3.39. The molecule has 26 heavy (non-hydrogen) atoms. The normalized spacial score (nSPS) is 10.2. The standard InChI is InChI=1S/C21H20N4O/c1-15-11-21(20(12-22)16(2)25-15)24-13-17-6-8-19(9-7-17)26-14-18-5-3-4-10-23-18/h3-11H,13-14H2,1-2H3,(H,24,25). The number of anilines is 1. The average Bonchev–Trinajstić information content (AvgIpc) is 2.66. The van der Waals surface area contributed by atoms with Crippen LogP contribution >= 0.6 is 0 Å². The van der Waals surface area contributed by atoms with Gasteiger partial charge in [-0.3, -0.25) is 9.97 Å². The van der Waals surface area contributed by atoms with Crippen molar-refractivity contribution in [3.8, 4) is 11.8 Å². The third-order valence-corrected chi connectivity index (χ3v) is 3.96. The Morgan fingerprint density at radius 1 is 1.12 bits per heavy atom. The van der Waals surface area contributed by atoms with Crippen LogP contribution in [0.5, 0.6) is 5.75 Å². The predicted octanol–water partition coefficient (Wildman–Crippen LogP) is 4.16. The van der Waals surface area contributed by atoms with Gasteiger partial charge in [0.05, 0.1) is 22.6 Å². The molecule has 0 aliphatic rings. The van der Waals surface area contributed by atoms with Gasteiger partial charge in [0.1, 0.15) is 18.4 Å². The summed E-state index contributed by atoms with van der Waals surface area (Å²) in [4.78, 5) is 8.57. The Morgan fingerprint density at radius 2 is 1.92 bits per heavy atom. The third kappa shape index (κ3) is 4.37. The molecule has 0 atom stereocenters. The summed E-state index contributed by atoms with van der Waals surface area (Å²) < 4.78 is 5.74. The van der Waals surface area contributed by atoms with Gasteiger partial charge in [-0.25, -0.2) is 0 Å². The van der Waals surface area contributed by atoms with Crippen LogP contribution in [-0.4, -0.2) is 9.97 Å². The van der Waals surface area contributed by atoms with Crippen LogP contribution in [0.4, 0.5) is 5.69 Å². The highest BCUT2D eigenvalue weighted by Crippen LogP contribution is 2.20. The Bertz CT molecular complexity index is 915. The van der Waals surface area contributed by atoms with Crippen LogP contribution in [0, 0.1) is 25.2 Å². The quantitative estimate of drug-likeness (QED) is 0.727. The molecule has 0 unspecified atom stereocenters. The van der Waals surface area contributed by atoms with Gasteiger partial charge in [0, 0.05) is 18.4 Å². The summed E-state index contributed by atoms with van der Waals surface area (Å²) in [5, 5.41) is 12.7. The number of hydrogen-bond acceptors (Lipinski definition) is 5. The van der Waals surface area contributed by atoms with Gasteiger partial charge >= 0.3 is 0 Å². The molecule has 1 aromatic carbocycles. The third-order valence-electron chi connectivity index (χ3n) is 3.96. The number of nitrogens with zero attached hydrogens (tertiary/aromatic N) is 3. The zero-order valence-electron chi connectivity index (χ0n) is 14.9. The van der Waals surface area contributed by atoms with E-state index in [-0.39, 0.29) is 0 Å². The van der Waals surface area contributed by atoms with Crippen LogP contribution in [0.1, 0.15) is 28.2 Å². The molecule has 130 valence electrons. The van der Waals surface area contributed by atoms with Gasteiger partial charge in [-0.1, -0.05) is 18.2 Å². The van der Waals surface area contributed by atoms with Gasteiger partial charge in [-0.05, 0) is 49.7 Å². The monoisotopic (exact) mass is 344 g/mol. The van der Waals surface area contributed by atoms with E-state index in [9.17, 15) is 5.26 Å². The molecule has 3 rings (SSSR count). The molecule has 2 heterocycles. The summed E-state index contributed by atoms with van der Waals surface area (Å²) >= 11 is 0. The number of aromatic nitrogens is 2. The molecule has 0 aliphatic heterocycles. The SMILES string of the molecule is Cc1cc(NCc2ccc(OCc3ccccn3)cc2)c(C#N)c(C)n1. The van der Waals surface area contributed by atoms with Crippen molar-refractivity contribution in [2.24, 2.45) is 0 Å². The predicted molar refractivity (Wildman–Crippen MR) is 101 cm³/mol. The maximum Gasteiger partial charge on any atom is 0.130 e. The van der Waals surface area contributed by atoms with E-state index in [0.717, 1.165) is 34.1 Å². The van der Waals surface area contributed by atoms with Crippen molar-refractivity contribution in [1.82, 2.24) is 9.97 Å². The van der Waals surface area contributed by atoms with E-state index >= 15 is 0 Å². The van der Waals surface area contributed by atoms with E-state index in [2.05, 4.69) is 21.4 Å². The zero-order chi connectivity index (χ0) is 18.4. The highest BCUT2D eigenvalue weighted by Gasteiger charge is 2.08. The van der Waals surface area contributed by atoms with Crippen molar-refractivity contribution in [2.75, 3.05) is 5.32 Å². The fourth-order valence-electron chi connectivity index (χ4n) is 2.65. The lowest BCUT2D eigenvalue weighted by molar-refractivity contribution is 0.301. The minimum atomic E-state index is 0.444. The first-order valence-electron chi connectivity index (χ1n) is 8.39. The first-order valence-corrected chi connectivity index (χ1v) is 8.39. The maximum atomic E-state index is 9.33. The molecule has 0 spiro atoms. The Morgan fingerprint density at radius 3 is 2.62 bits per heavy atom. The molecule has 0 fully saturated rings. The number of aryl methyl sites for hydroxylation is 2. The van der Waals surface area contributed by atoms with Crippen LogP contribution in [-0.2, 0) is 13.2 Å². The van der Waals surface area contributed by atoms with Gasteiger partial charge in [0.15, 0.2) is 0 Å². The molecular weight excluding hydrogens is 324 g/mol. The molecule has 0 saturated heterocycles. The highest BCUT2D eigenvalue weighted by molar-refractivity contribution is 5.60. The van der Waals surface area contributed by atoms with Gasteiger partial charge in [0.25, 0.3) is 0 Å². The van der Waals surface area contributed by atoms with Crippen LogP contribution in [0.2, 0.25) is 0 Å². The molecule has 0 bridgehead atoms. The van der Waals surface area contributed by atoms with Gasteiger partial charge in [-0.2, -0.15) is 5.26 Å². The Kier molecular flexibility index (Phi) is 5.45. The molecule has 5 heteroatoms. The Labute approximate surface area is 153 Å². The summed E-state index contributed by atoms with van der Waals surface area (Å²) in [6.45, 7) is 4.84. The summed E-state index contributed by atoms with van der Waals surface area (Å²) in [6.07, 6.45) is 1.76. The summed E-state index contributed by atoms with van der Waals surface area (Å²) in [5.41, 5.74) is 5.03. The number of nitrogens with one attached hydrogen (secondary N) is 1. The second kappa shape index (κ2) is 8.13. The van der Waals surface area contributed by atoms with Crippen molar-refractivity contribution < 1.29 is 4.74 Å². The summed E-state index contributed by atoms with van der Waals surface area (Å²) in [6, 6.07) is 17.8. The smallest absolute Gasteiger partial charge is 0.130 e. The lowest BCUT2D eigenvalue weighted by atomic mass is 10.1. The fourth-order valence-corrected chi connectivity index (χ4v) is 2.65. The zero-order valence-corrected chi connectivity index (χ0v) is 14.9. The molecule has 0 aliphatic carbocycles. The van der Waals surface area contributed by atoms with Gasteiger partial charge in [0.2, 0.25) is 0 Å². The number of nitriles is 1. The molecule has 0 radical (unpaired) electrons. The fraction of sp³-hybridized carbons (Fsp3) is 0.190. The van der Waals surface area contributed by atoms with E-state index in [0.29, 0.717) is 18.7 Å². The lowest BCUT2D eigenvalue weighted by Gasteiger charge is -2.11. The average molecular weight is 344 g/mol. The minimum Gasteiger partial charge on any atom is -0.487 e. The number of hydrogen-bond donors (Lipinski definition) is 1. The van der Waals surface area contributed by atoms with Crippen LogP contribution in [0.25, 0.3) is 0 Å². The Balaban J connectivity index is 1.61. The molecule has 1 N–H and O–H groups in total. The molecule has 2 aromatic heterocycles. The van der Waals surface area contributed by atoms with Gasteiger partial charge < -0.3 is 10.1 Å². The van der Waals surface area contributed by atoms with Crippen LogP contribution < -0.4 is 10.1 Å². The van der Waals surface area contributed by atoms with Crippen molar-refractivity contribution in [3.63, 3.8) is 0 Å². The van der Waals surface area contributed by atoms with E-state index in [1.807, 2.05) is 62.4 Å². The molecular formula is C21H20N4O. The first-order chi connectivity index (χ1) is 12.7. The van der Waals surface area contributed by atoms with E-state index in [1.165, 1.54) is 0 Å². The second-order valence-electron chi connectivity index (χ2n) is 5.99. The number of pyridine rings is 2. The highest BCUT2D eigenvalue weighted by atomic mass is 16.5. The molecule has 0 saturated carbocycles. The topological polar surface area (TPSA) is 70.8 Å². The summed E-state index contributed by atoms with van der Waals surface area (Å²) in [7, 11) is 0. The van der Waals surface area contributed by atoms with Crippen LogP contribution in [0.15, 0.2) is 54.7 Å². The minimum absolute atomic E-state index is 0.444. The van der Waals surface area contributed by atoms with Crippen molar-refractivity contribution in [3.05, 3.63) is 82.9 Å². The largest absolute Gasteiger partial charge is 0.487 e. The van der Waals surface area contributed by atoms with E-state index in [1.54, 1.807) is 6.20 Å². The number of ether oxygens (including phenoxy) is 1. The summed E-state index contributed by atoms with van der Waals surface area (Å²) in [5.74, 6) is 0.799. The van der Waals surface area contributed by atoms with Crippen molar-refractivity contribution >= 4 is 5.69 Å². The molecule has 0 amide bonds. The maximum absolute atomic E-state index is 9.33. The molecule has 3 aromatic rings. The second-order valence-corrected chi connectivity index (χ2v) is 5.99. The van der Waals surface area contributed by atoms with Crippen molar-refractivity contribution in [1.29, 1.82) is 5.26 Å². The molecule has 5 nitrogen and oxygen atoms in total.